The molecule has 0 aromatic carbocycles. The lowest BCUT2D eigenvalue weighted by atomic mass is 10.2. The number of nitrogens with one attached hydrogen (secondary N) is 1. The molecule has 1 fully saturated rings. The van der Waals surface area contributed by atoms with Crippen LogP contribution in [0.15, 0.2) is 23.5 Å². The van der Waals surface area contributed by atoms with Crippen LogP contribution in [-0.4, -0.2) is 37.5 Å². The van der Waals surface area contributed by atoms with Crippen molar-refractivity contribution < 1.29 is 4.79 Å². The quantitative estimate of drug-likeness (QED) is 0.652. The van der Waals surface area contributed by atoms with Crippen molar-refractivity contribution in [1.29, 1.82) is 0 Å². The first-order chi connectivity index (χ1) is 12.6. The van der Waals surface area contributed by atoms with Crippen molar-refractivity contribution in [3.63, 3.8) is 0 Å². The molecule has 3 aromatic rings. The molecule has 0 saturated heterocycles. The molecule has 1 amide bonds. The smallest absolute Gasteiger partial charge is 0.230 e. The Morgan fingerprint density at radius 1 is 1.42 bits per heavy atom. The number of nitrogens with two attached hydrogens (primary N) is 1. The number of hydrogen-bond donors (Lipinski definition) is 2. The van der Waals surface area contributed by atoms with Crippen LogP contribution in [0.25, 0.3) is 20.9 Å². The number of rotatable bonds is 5. The highest BCUT2D eigenvalue weighted by Crippen LogP contribution is 2.39. The number of amides is 1. The number of aromatic nitrogens is 4. The molecule has 3 N–H and O–H groups in total. The summed E-state index contributed by atoms with van der Waals surface area (Å²) in [5.41, 5.74) is 6.95. The molecular formula is C17H20N6OS2. The van der Waals surface area contributed by atoms with Gasteiger partial charge in [0.1, 0.15) is 4.83 Å². The van der Waals surface area contributed by atoms with E-state index in [1.807, 2.05) is 23.7 Å². The van der Waals surface area contributed by atoms with Gasteiger partial charge >= 0.3 is 0 Å². The molecule has 3 heterocycles. The van der Waals surface area contributed by atoms with Gasteiger partial charge in [-0.15, -0.1) is 21.5 Å². The average molecular weight is 389 g/mol. The van der Waals surface area contributed by atoms with E-state index in [1.54, 1.807) is 6.20 Å². The zero-order valence-electron chi connectivity index (χ0n) is 14.4. The van der Waals surface area contributed by atoms with Gasteiger partial charge in [0.2, 0.25) is 5.91 Å². The monoisotopic (exact) mass is 388 g/mol. The zero-order valence-corrected chi connectivity index (χ0v) is 16.1. The van der Waals surface area contributed by atoms with E-state index in [0.717, 1.165) is 27.9 Å². The normalized spacial score (nSPS) is 15.0. The molecule has 3 aromatic heterocycles. The van der Waals surface area contributed by atoms with Gasteiger partial charge in [0.15, 0.2) is 11.0 Å². The maximum atomic E-state index is 12.1. The van der Waals surface area contributed by atoms with Crippen molar-refractivity contribution in [2.45, 2.75) is 36.9 Å². The molecule has 0 bridgehead atoms. The molecule has 0 radical (unpaired) electrons. The Bertz CT molecular complexity index is 944. The van der Waals surface area contributed by atoms with Crippen LogP contribution in [0.3, 0.4) is 0 Å². The second-order valence-corrected chi connectivity index (χ2v) is 8.35. The van der Waals surface area contributed by atoms with Crippen molar-refractivity contribution in [1.82, 2.24) is 25.1 Å². The molecule has 1 aliphatic carbocycles. The van der Waals surface area contributed by atoms with Gasteiger partial charge in [0, 0.05) is 24.7 Å². The van der Waals surface area contributed by atoms with Crippen molar-refractivity contribution in [3.8, 4) is 10.7 Å². The lowest BCUT2D eigenvalue weighted by Crippen LogP contribution is -2.33. The summed E-state index contributed by atoms with van der Waals surface area (Å²) in [5.74, 6) is 1.09. The third kappa shape index (κ3) is 3.28. The van der Waals surface area contributed by atoms with Gasteiger partial charge in [-0.25, -0.2) is 4.98 Å². The first-order valence-corrected chi connectivity index (χ1v) is 10.4. The molecule has 26 heavy (non-hydrogen) atoms. The highest BCUT2D eigenvalue weighted by atomic mass is 32.2. The predicted octanol–water partition coefficient (Wildman–Crippen LogP) is 2.82. The van der Waals surface area contributed by atoms with E-state index in [9.17, 15) is 4.79 Å². The second kappa shape index (κ2) is 7.24. The fraction of sp³-hybridized carbons (Fsp3) is 0.412. The van der Waals surface area contributed by atoms with Gasteiger partial charge in [-0.05, 0) is 25.0 Å². The number of nitrogens with zero attached hydrogens (tertiary/aromatic N) is 4. The van der Waals surface area contributed by atoms with Crippen LogP contribution >= 0.6 is 23.1 Å². The second-order valence-electron chi connectivity index (χ2n) is 6.40. The van der Waals surface area contributed by atoms with Gasteiger partial charge in [-0.1, -0.05) is 24.6 Å². The maximum Gasteiger partial charge on any atom is 0.230 e. The number of pyridine rings is 1. The van der Waals surface area contributed by atoms with Gasteiger partial charge < -0.3 is 15.6 Å². The van der Waals surface area contributed by atoms with Crippen LogP contribution in [0.1, 0.15) is 25.7 Å². The van der Waals surface area contributed by atoms with Crippen LogP contribution in [0.4, 0.5) is 5.69 Å². The van der Waals surface area contributed by atoms with E-state index >= 15 is 0 Å². The number of fused-ring (bicyclic) bond motifs is 1. The molecule has 9 heteroatoms. The third-order valence-electron chi connectivity index (χ3n) is 4.60. The summed E-state index contributed by atoms with van der Waals surface area (Å²) >= 11 is 2.89. The molecular weight excluding hydrogens is 368 g/mol. The minimum atomic E-state index is 0.0528. The van der Waals surface area contributed by atoms with E-state index in [0.29, 0.717) is 28.5 Å². The highest BCUT2D eigenvalue weighted by Gasteiger charge is 2.20. The minimum absolute atomic E-state index is 0.0528. The summed E-state index contributed by atoms with van der Waals surface area (Å²) in [7, 11) is 1.89. The Hall–Kier alpha value is -2.13. The number of carbonyl (C=O) groups is 1. The summed E-state index contributed by atoms with van der Waals surface area (Å²) in [6.45, 7) is 0. The molecule has 0 spiro atoms. The molecule has 1 saturated carbocycles. The summed E-state index contributed by atoms with van der Waals surface area (Å²) < 4.78 is 1.88. The summed E-state index contributed by atoms with van der Waals surface area (Å²) in [5, 5.41) is 13.2. The van der Waals surface area contributed by atoms with E-state index in [4.69, 9.17) is 5.73 Å². The lowest BCUT2D eigenvalue weighted by Gasteiger charge is -2.11. The Kier molecular flexibility index (Phi) is 4.82. The van der Waals surface area contributed by atoms with Crippen LogP contribution in [0.2, 0.25) is 0 Å². The van der Waals surface area contributed by atoms with Crippen LogP contribution < -0.4 is 11.1 Å². The summed E-state index contributed by atoms with van der Waals surface area (Å²) in [6, 6.07) is 4.16. The number of thioether (sulfide) groups is 1. The molecule has 4 rings (SSSR count). The molecule has 0 atom stereocenters. The maximum absolute atomic E-state index is 12.1. The average Bonchev–Trinajstić information content (AvgIpc) is 3.34. The standard InChI is InChI=1S/C17H20N6OS2/c1-23-15(14-13(18)11-7-4-8-19-16(11)26-14)21-22-17(23)25-9-12(24)20-10-5-2-3-6-10/h4,7-8,10H,2-3,5-6,9,18H2,1H3,(H,20,24). The molecule has 7 nitrogen and oxygen atoms in total. The zero-order chi connectivity index (χ0) is 18.1. The van der Waals surface area contributed by atoms with Crippen LogP contribution in [0.5, 0.6) is 0 Å². The van der Waals surface area contributed by atoms with Crippen molar-refractivity contribution in [2.75, 3.05) is 11.5 Å². The minimum Gasteiger partial charge on any atom is -0.397 e. The Balaban J connectivity index is 1.49. The topological polar surface area (TPSA) is 98.7 Å². The van der Waals surface area contributed by atoms with E-state index < -0.39 is 0 Å². The van der Waals surface area contributed by atoms with Crippen LogP contribution in [0, 0.1) is 0 Å². The first-order valence-electron chi connectivity index (χ1n) is 8.58. The number of anilines is 1. The third-order valence-corrected chi connectivity index (χ3v) is 6.74. The van der Waals surface area contributed by atoms with Crippen molar-refractivity contribution in [2.24, 2.45) is 7.05 Å². The van der Waals surface area contributed by atoms with Crippen LogP contribution in [-0.2, 0) is 11.8 Å². The number of nitrogen functional groups attached to an aromatic ring is 1. The number of carbonyl (C=O) groups excluding carboxylic acids is 1. The van der Waals surface area contributed by atoms with E-state index in [1.165, 1.54) is 35.9 Å². The molecule has 1 aliphatic rings. The molecule has 0 unspecified atom stereocenters. The Labute approximate surface area is 159 Å². The molecule has 136 valence electrons. The summed E-state index contributed by atoms with van der Waals surface area (Å²) in [6.07, 6.45) is 6.34. The predicted molar refractivity (Wildman–Crippen MR) is 105 cm³/mol. The molecule has 0 aliphatic heterocycles. The lowest BCUT2D eigenvalue weighted by molar-refractivity contribution is -0.119. The van der Waals surface area contributed by atoms with E-state index in [2.05, 4.69) is 20.5 Å². The van der Waals surface area contributed by atoms with Gasteiger partial charge in [-0.3, -0.25) is 4.79 Å². The number of thiophene rings is 1. The Morgan fingerprint density at radius 2 is 2.23 bits per heavy atom. The fourth-order valence-electron chi connectivity index (χ4n) is 3.23. The highest BCUT2D eigenvalue weighted by molar-refractivity contribution is 7.99. The Morgan fingerprint density at radius 3 is 3.00 bits per heavy atom. The van der Waals surface area contributed by atoms with Gasteiger partial charge in [-0.2, -0.15) is 0 Å². The largest absolute Gasteiger partial charge is 0.397 e. The van der Waals surface area contributed by atoms with E-state index in [-0.39, 0.29) is 5.91 Å². The first kappa shape index (κ1) is 17.3. The van der Waals surface area contributed by atoms with Gasteiger partial charge in [0.05, 0.1) is 16.3 Å². The van der Waals surface area contributed by atoms with Gasteiger partial charge in [0.25, 0.3) is 0 Å². The van der Waals surface area contributed by atoms with Crippen molar-refractivity contribution >= 4 is 44.9 Å². The SMILES string of the molecule is Cn1c(SCC(=O)NC2CCCC2)nnc1-c1sc2ncccc2c1N. The number of hydrogen-bond acceptors (Lipinski definition) is 7. The summed E-state index contributed by atoms with van der Waals surface area (Å²) in [4.78, 5) is 18.2. The van der Waals surface area contributed by atoms with Crippen molar-refractivity contribution in [3.05, 3.63) is 18.3 Å². The fourth-order valence-corrected chi connectivity index (χ4v) is 5.03.